The van der Waals surface area contributed by atoms with Crippen molar-refractivity contribution in [1.29, 1.82) is 0 Å². The van der Waals surface area contributed by atoms with Crippen LogP contribution < -0.4 is 0 Å². The summed E-state index contributed by atoms with van der Waals surface area (Å²) in [6, 6.07) is 14.4. The third-order valence-electron chi connectivity index (χ3n) is 4.12. The second-order valence-corrected chi connectivity index (χ2v) is 6.56. The van der Waals surface area contributed by atoms with Crippen LogP contribution in [0.2, 0.25) is 0 Å². The quantitative estimate of drug-likeness (QED) is 0.636. The Morgan fingerprint density at radius 2 is 1.71 bits per heavy atom. The van der Waals surface area contributed by atoms with Crippen LogP contribution in [-0.4, -0.2) is 23.1 Å². The molecule has 2 rings (SSSR count). The second kappa shape index (κ2) is 8.00. The molecule has 1 amide bonds. The number of fused-ring (bicyclic) bond motifs is 1. The van der Waals surface area contributed by atoms with Gasteiger partial charge in [0.2, 0.25) is 0 Å². The number of carbonyl (C=O) groups excluding carboxylic acids is 1. The van der Waals surface area contributed by atoms with Crippen molar-refractivity contribution in [3.05, 3.63) is 60.7 Å². The molecule has 0 spiro atoms. The number of hydrogen-bond acceptors (Lipinski definition) is 2. The van der Waals surface area contributed by atoms with E-state index < -0.39 is 0 Å². The van der Waals surface area contributed by atoms with Crippen LogP contribution in [0.1, 0.15) is 45.8 Å². The van der Waals surface area contributed by atoms with E-state index in [2.05, 4.69) is 24.8 Å². The maximum atomic E-state index is 12.7. The average Bonchev–Trinajstić information content (AvgIpc) is 2.53. The molecule has 1 atom stereocenters. The SMILES string of the molecule is C=CC[C@H](OC(=O)N(C(C)C)C(C)C)c1cccc2ccccc12. The molecule has 0 heterocycles. The van der Waals surface area contributed by atoms with Gasteiger partial charge in [-0.05, 0) is 38.5 Å². The zero-order valence-electron chi connectivity index (χ0n) is 15.0. The predicted molar refractivity (Wildman–Crippen MR) is 100 cm³/mol. The molecule has 3 heteroatoms. The van der Waals surface area contributed by atoms with E-state index in [9.17, 15) is 4.79 Å². The molecule has 3 nitrogen and oxygen atoms in total. The molecular formula is C21H27NO2. The van der Waals surface area contributed by atoms with Crippen LogP contribution in [0, 0.1) is 0 Å². The van der Waals surface area contributed by atoms with Crippen molar-refractivity contribution < 1.29 is 9.53 Å². The first-order valence-electron chi connectivity index (χ1n) is 8.53. The van der Waals surface area contributed by atoms with Crippen molar-refractivity contribution in [3.8, 4) is 0 Å². The van der Waals surface area contributed by atoms with E-state index in [1.165, 1.54) is 0 Å². The van der Waals surface area contributed by atoms with Crippen molar-refractivity contribution >= 4 is 16.9 Å². The standard InChI is InChI=1S/C21H27NO2/c1-6-10-20(24-21(23)22(15(2)3)16(4)5)19-14-9-12-17-11-7-8-13-18(17)19/h6-9,11-16,20H,1,10H2,2-5H3/t20-/m0/s1. The molecule has 0 fully saturated rings. The predicted octanol–water partition coefficient (Wildman–Crippen LogP) is 5.71. The van der Waals surface area contributed by atoms with E-state index in [0.29, 0.717) is 6.42 Å². The average molecular weight is 325 g/mol. The minimum absolute atomic E-state index is 0.0920. The molecule has 0 saturated carbocycles. The first kappa shape index (κ1) is 18.1. The van der Waals surface area contributed by atoms with E-state index in [-0.39, 0.29) is 24.3 Å². The minimum Gasteiger partial charge on any atom is -0.441 e. The molecule has 0 N–H and O–H groups in total. The Morgan fingerprint density at radius 3 is 2.33 bits per heavy atom. The van der Waals surface area contributed by atoms with Crippen molar-refractivity contribution in [2.24, 2.45) is 0 Å². The highest BCUT2D eigenvalue weighted by Gasteiger charge is 2.25. The molecule has 0 aromatic heterocycles. The third kappa shape index (κ3) is 3.97. The molecule has 2 aromatic rings. The summed E-state index contributed by atoms with van der Waals surface area (Å²) in [5, 5.41) is 2.25. The van der Waals surface area contributed by atoms with Gasteiger partial charge in [-0.2, -0.15) is 0 Å². The van der Waals surface area contributed by atoms with Crippen LogP contribution in [0.25, 0.3) is 10.8 Å². The fourth-order valence-corrected chi connectivity index (χ4v) is 3.12. The summed E-state index contributed by atoms with van der Waals surface area (Å²) in [7, 11) is 0. The summed E-state index contributed by atoms with van der Waals surface area (Å²) in [4.78, 5) is 14.5. The Bertz CT molecular complexity index is 693. The van der Waals surface area contributed by atoms with Crippen molar-refractivity contribution in [2.45, 2.75) is 52.3 Å². The fraction of sp³-hybridized carbons (Fsp3) is 0.381. The van der Waals surface area contributed by atoms with E-state index >= 15 is 0 Å². The van der Waals surface area contributed by atoms with Gasteiger partial charge in [0, 0.05) is 24.1 Å². The van der Waals surface area contributed by atoms with Gasteiger partial charge in [-0.1, -0.05) is 48.5 Å². The molecule has 2 aromatic carbocycles. The zero-order valence-corrected chi connectivity index (χ0v) is 15.0. The van der Waals surface area contributed by atoms with E-state index in [4.69, 9.17) is 4.74 Å². The first-order chi connectivity index (χ1) is 11.5. The Labute approximate surface area is 144 Å². The van der Waals surface area contributed by atoms with Crippen LogP contribution in [0.15, 0.2) is 55.1 Å². The van der Waals surface area contributed by atoms with Crippen molar-refractivity contribution in [1.82, 2.24) is 4.90 Å². The van der Waals surface area contributed by atoms with E-state index in [1.807, 2.05) is 52.0 Å². The molecule has 0 bridgehead atoms. The molecule has 0 aliphatic rings. The number of ether oxygens (including phenoxy) is 1. The summed E-state index contributed by atoms with van der Waals surface area (Å²) < 4.78 is 5.89. The van der Waals surface area contributed by atoms with Crippen LogP contribution in [0.5, 0.6) is 0 Å². The Balaban J connectivity index is 2.35. The molecule has 128 valence electrons. The summed E-state index contributed by atoms with van der Waals surface area (Å²) in [5.41, 5.74) is 1.02. The lowest BCUT2D eigenvalue weighted by atomic mass is 9.98. The van der Waals surface area contributed by atoms with Crippen molar-refractivity contribution in [2.75, 3.05) is 0 Å². The van der Waals surface area contributed by atoms with Gasteiger partial charge in [0.1, 0.15) is 6.10 Å². The molecule has 0 saturated heterocycles. The smallest absolute Gasteiger partial charge is 0.410 e. The minimum atomic E-state index is -0.332. The first-order valence-corrected chi connectivity index (χ1v) is 8.53. The fourth-order valence-electron chi connectivity index (χ4n) is 3.12. The van der Waals surface area contributed by atoms with E-state index in [0.717, 1.165) is 16.3 Å². The Hall–Kier alpha value is -2.29. The number of benzene rings is 2. The number of amides is 1. The van der Waals surface area contributed by atoms with Gasteiger partial charge in [-0.3, -0.25) is 0 Å². The summed E-state index contributed by atoms with van der Waals surface area (Å²) in [6.45, 7) is 11.8. The van der Waals surface area contributed by atoms with Crippen molar-refractivity contribution in [3.63, 3.8) is 0 Å². The highest BCUT2D eigenvalue weighted by molar-refractivity contribution is 5.86. The van der Waals surface area contributed by atoms with Crippen LogP contribution in [0.3, 0.4) is 0 Å². The number of rotatable bonds is 6. The summed E-state index contributed by atoms with van der Waals surface area (Å²) >= 11 is 0. The van der Waals surface area contributed by atoms with Crippen LogP contribution >= 0.6 is 0 Å². The lowest BCUT2D eigenvalue weighted by Crippen LogP contribution is -2.42. The molecule has 0 unspecified atom stereocenters. The van der Waals surface area contributed by atoms with Gasteiger partial charge in [-0.15, -0.1) is 6.58 Å². The molecule has 0 aliphatic carbocycles. The Morgan fingerprint density at radius 1 is 1.08 bits per heavy atom. The number of nitrogens with zero attached hydrogens (tertiary/aromatic N) is 1. The second-order valence-electron chi connectivity index (χ2n) is 6.56. The van der Waals surface area contributed by atoms with E-state index in [1.54, 1.807) is 11.0 Å². The van der Waals surface area contributed by atoms with Gasteiger partial charge >= 0.3 is 6.09 Å². The highest BCUT2D eigenvalue weighted by Crippen LogP contribution is 2.30. The van der Waals surface area contributed by atoms with Crippen LogP contribution in [-0.2, 0) is 4.74 Å². The van der Waals surface area contributed by atoms with Gasteiger partial charge < -0.3 is 9.64 Å². The van der Waals surface area contributed by atoms with Gasteiger partial charge in [-0.25, -0.2) is 4.79 Å². The lowest BCUT2D eigenvalue weighted by molar-refractivity contribution is 0.0462. The lowest BCUT2D eigenvalue weighted by Gasteiger charge is -2.31. The van der Waals surface area contributed by atoms with Crippen LogP contribution in [0.4, 0.5) is 4.79 Å². The summed E-state index contributed by atoms with van der Waals surface area (Å²) in [5.74, 6) is 0. The van der Waals surface area contributed by atoms with Gasteiger partial charge in [0.25, 0.3) is 0 Å². The maximum Gasteiger partial charge on any atom is 0.410 e. The maximum absolute atomic E-state index is 12.7. The topological polar surface area (TPSA) is 29.5 Å². The largest absolute Gasteiger partial charge is 0.441 e. The zero-order chi connectivity index (χ0) is 17.7. The summed E-state index contributed by atoms with van der Waals surface area (Å²) in [6.07, 6.45) is 1.78. The third-order valence-corrected chi connectivity index (χ3v) is 4.12. The molecule has 24 heavy (non-hydrogen) atoms. The molecule has 0 radical (unpaired) electrons. The Kier molecular flexibility index (Phi) is 6.02. The molecular weight excluding hydrogens is 298 g/mol. The molecule has 0 aliphatic heterocycles. The normalized spacial score (nSPS) is 12.4. The monoisotopic (exact) mass is 325 g/mol. The van der Waals surface area contributed by atoms with Gasteiger partial charge in [0.05, 0.1) is 0 Å². The van der Waals surface area contributed by atoms with Gasteiger partial charge in [0.15, 0.2) is 0 Å². The number of hydrogen-bond donors (Lipinski definition) is 0. The number of carbonyl (C=O) groups is 1. The highest BCUT2D eigenvalue weighted by atomic mass is 16.6.